The second-order valence-electron chi connectivity index (χ2n) is 1.56. The van der Waals surface area contributed by atoms with E-state index in [9.17, 15) is 0 Å². The van der Waals surface area contributed by atoms with Gasteiger partial charge in [-0.1, -0.05) is 0 Å². The summed E-state index contributed by atoms with van der Waals surface area (Å²) in [5.74, 6) is 0. The van der Waals surface area contributed by atoms with Gasteiger partial charge in [-0.3, -0.25) is 0 Å². The molecule has 0 aromatic heterocycles. The van der Waals surface area contributed by atoms with E-state index in [1.54, 1.807) is 0 Å². The molecule has 0 amide bonds. The third-order valence-corrected chi connectivity index (χ3v) is 1.35. The molecule has 0 nitrogen and oxygen atoms in total. The molecule has 32 valence electrons. The van der Waals surface area contributed by atoms with E-state index < -0.39 is 0 Å². The van der Waals surface area contributed by atoms with Gasteiger partial charge in [0, 0.05) is 0 Å². The molecule has 0 bridgehead atoms. The summed E-state index contributed by atoms with van der Waals surface area (Å²) < 4.78 is 1.38. The van der Waals surface area contributed by atoms with Gasteiger partial charge >= 0.3 is 52.4 Å². The molecule has 0 aliphatic rings. The predicted molar refractivity (Wildman–Crippen MR) is 30.1 cm³/mol. The van der Waals surface area contributed by atoms with Crippen LogP contribution < -0.4 is 0 Å². The Morgan fingerprint density at radius 2 is 2.00 bits per heavy atom. The summed E-state index contributed by atoms with van der Waals surface area (Å²) in [6, 6.07) is 0. The second-order valence-corrected chi connectivity index (χ2v) is 2.27. The van der Waals surface area contributed by atoms with E-state index >= 15 is 0 Å². The standard InChI is InChI=1S/C5H11.Mg/c1-3-5-4-2;/h1,3-5H2,2H3;/q;+1. The monoisotopic (exact) mass is 95.1 g/mol. The van der Waals surface area contributed by atoms with Crippen molar-refractivity contribution >= 4 is 21.7 Å². The van der Waals surface area contributed by atoms with E-state index in [-0.39, 0.29) is 0 Å². The van der Waals surface area contributed by atoms with Crippen molar-refractivity contribution in [1.29, 1.82) is 0 Å². The van der Waals surface area contributed by atoms with Crippen LogP contribution in [0.25, 0.3) is 0 Å². The Morgan fingerprint density at radius 1 is 1.33 bits per heavy atom. The van der Waals surface area contributed by atoms with Gasteiger partial charge in [0.15, 0.2) is 0 Å². The van der Waals surface area contributed by atoms with Gasteiger partial charge in [0.05, 0.1) is 0 Å². The molecule has 0 aliphatic carbocycles. The number of unbranched alkanes of at least 4 members (excludes halogenated alkanes) is 2. The Labute approximate surface area is 52.8 Å². The van der Waals surface area contributed by atoms with E-state index in [0.29, 0.717) is 0 Å². The maximum absolute atomic E-state index is 2.23. The first-order valence-corrected chi connectivity index (χ1v) is 3.71. The molecule has 0 atom stereocenters. The molecule has 0 rings (SSSR count). The molecule has 0 aromatic rings. The summed E-state index contributed by atoms with van der Waals surface area (Å²) in [7, 11) is 0. The van der Waals surface area contributed by atoms with E-state index in [0.717, 1.165) is 0 Å². The zero-order chi connectivity index (χ0) is 4.83. The zero-order valence-electron chi connectivity index (χ0n) is 4.54. The van der Waals surface area contributed by atoms with Gasteiger partial charge in [0.25, 0.3) is 0 Å². The van der Waals surface area contributed by atoms with Gasteiger partial charge in [-0.15, -0.1) is 0 Å². The van der Waals surface area contributed by atoms with Crippen LogP contribution in [0.15, 0.2) is 0 Å². The normalized spacial score (nSPS) is 9.17. The van der Waals surface area contributed by atoms with Crippen molar-refractivity contribution < 1.29 is 0 Å². The molecule has 6 heavy (non-hydrogen) atoms. The van der Waals surface area contributed by atoms with E-state index in [1.807, 2.05) is 0 Å². The van der Waals surface area contributed by atoms with Crippen molar-refractivity contribution in [3.05, 3.63) is 0 Å². The SMILES string of the molecule is CCCC[CH2][Mg+]. The van der Waals surface area contributed by atoms with Crippen LogP contribution in [0.4, 0.5) is 0 Å². The van der Waals surface area contributed by atoms with Crippen molar-refractivity contribution in [3.8, 4) is 0 Å². The van der Waals surface area contributed by atoms with Gasteiger partial charge in [-0.2, -0.15) is 0 Å². The fourth-order valence-electron chi connectivity index (χ4n) is 0.427. The summed E-state index contributed by atoms with van der Waals surface area (Å²) >= 11 is 2.07. The molecular formula is C5H11Mg+. The Kier molecular flexibility index (Phi) is 6.50. The average Bonchev–Trinajstić information content (AvgIpc) is 1.61. The van der Waals surface area contributed by atoms with Gasteiger partial charge in [-0.05, 0) is 0 Å². The summed E-state index contributed by atoms with van der Waals surface area (Å²) in [6.45, 7) is 2.23. The summed E-state index contributed by atoms with van der Waals surface area (Å²) in [6.07, 6.45) is 4.21. The van der Waals surface area contributed by atoms with Crippen molar-refractivity contribution in [2.24, 2.45) is 0 Å². The third kappa shape index (κ3) is 4.77. The Morgan fingerprint density at radius 3 is 2.17 bits per heavy atom. The van der Waals surface area contributed by atoms with E-state index in [2.05, 4.69) is 28.6 Å². The van der Waals surface area contributed by atoms with Crippen LogP contribution in [0, 0.1) is 0 Å². The summed E-state index contributed by atoms with van der Waals surface area (Å²) in [4.78, 5) is 0. The second kappa shape index (κ2) is 5.77. The van der Waals surface area contributed by atoms with E-state index in [4.69, 9.17) is 0 Å². The fraction of sp³-hybridized carbons (Fsp3) is 1.00. The number of hydrogen-bond donors (Lipinski definition) is 0. The molecule has 0 spiro atoms. The molecule has 1 heteroatoms. The number of rotatable bonds is 3. The molecule has 0 saturated carbocycles. The molecule has 0 aromatic carbocycles. The quantitative estimate of drug-likeness (QED) is 0.370. The van der Waals surface area contributed by atoms with Gasteiger partial charge in [0.2, 0.25) is 0 Å². The Hall–Kier alpha value is 0.766. The molecule has 0 fully saturated rings. The van der Waals surface area contributed by atoms with Gasteiger partial charge in [0.1, 0.15) is 0 Å². The third-order valence-electron chi connectivity index (χ3n) is 0.854. The molecular weight excluding hydrogens is 84.4 g/mol. The average molecular weight is 95.4 g/mol. The first-order valence-electron chi connectivity index (χ1n) is 2.71. The van der Waals surface area contributed by atoms with Crippen LogP contribution in [0.2, 0.25) is 4.55 Å². The Bertz CT molecular complexity index is 15.9. The van der Waals surface area contributed by atoms with Crippen LogP contribution in [0.1, 0.15) is 26.2 Å². The van der Waals surface area contributed by atoms with Crippen LogP contribution in [0.5, 0.6) is 0 Å². The maximum atomic E-state index is 2.23. The summed E-state index contributed by atoms with van der Waals surface area (Å²) in [5.41, 5.74) is 0. The molecule has 0 heterocycles. The topological polar surface area (TPSA) is 0 Å². The number of hydrogen-bond acceptors (Lipinski definition) is 0. The molecule has 0 radical (unpaired) electrons. The van der Waals surface area contributed by atoms with Crippen molar-refractivity contribution in [2.75, 3.05) is 0 Å². The fourth-order valence-corrected chi connectivity index (χ4v) is 0.780. The van der Waals surface area contributed by atoms with Gasteiger partial charge < -0.3 is 0 Å². The van der Waals surface area contributed by atoms with E-state index in [1.165, 1.54) is 23.8 Å². The summed E-state index contributed by atoms with van der Waals surface area (Å²) in [5, 5.41) is 0. The minimum absolute atomic E-state index is 1.36. The first kappa shape index (κ1) is 6.77. The van der Waals surface area contributed by atoms with Crippen LogP contribution in [0.3, 0.4) is 0 Å². The molecule has 0 saturated heterocycles. The van der Waals surface area contributed by atoms with Crippen LogP contribution in [-0.4, -0.2) is 21.7 Å². The van der Waals surface area contributed by atoms with Crippen molar-refractivity contribution in [1.82, 2.24) is 0 Å². The van der Waals surface area contributed by atoms with Crippen molar-refractivity contribution in [3.63, 3.8) is 0 Å². The molecule has 0 aliphatic heterocycles. The predicted octanol–water partition coefficient (Wildman–Crippen LogP) is 1.76. The Balaban J connectivity index is 2.34. The molecule has 0 N–H and O–H groups in total. The first-order chi connectivity index (χ1) is 2.91. The van der Waals surface area contributed by atoms with Crippen LogP contribution >= 0.6 is 0 Å². The molecule has 0 unspecified atom stereocenters. The van der Waals surface area contributed by atoms with Gasteiger partial charge in [-0.25, -0.2) is 0 Å². The van der Waals surface area contributed by atoms with Crippen molar-refractivity contribution in [2.45, 2.75) is 30.7 Å². The van der Waals surface area contributed by atoms with Crippen LogP contribution in [-0.2, 0) is 0 Å². The zero-order valence-corrected chi connectivity index (χ0v) is 5.95. The minimum atomic E-state index is 1.36.